The molecule has 1 aromatic carbocycles. The van der Waals surface area contributed by atoms with Crippen LogP contribution < -0.4 is 20.1 Å². The van der Waals surface area contributed by atoms with E-state index in [4.69, 9.17) is 9.47 Å². The Morgan fingerprint density at radius 3 is 2.50 bits per heavy atom. The number of anilines is 1. The Hall–Kier alpha value is -1.22. The van der Waals surface area contributed by atoms with Crippen molar-refractivity contribution in [2.24, 2.45) is 4.99 Å². The van der Waals surface area contributed by atoms with Gasteiger partial charge in [0.15, 0.2) is 17.5 Å². The van der Waals surface area contributed by atoms with E-state index in [1.165, 1.54) is 38.8 Å². The molecular weight excluding hydrogens is 443 g/mol. The molecule has 1 aliphatic heterocycles. The highest BCUT2D eigenvalue weighted by Crippen LogP contribution is 2.30. The van der Waals surface area contributed by atoms with E-state index in [0.29, 0.717) is 12.4 Å². The van der Waals surface area contributed by atoms with E-state index in [0.717, 1.165) is 30.5 Å². The highest BCUT2D eigenvalue weighted by atomic mass is 127. The Morgan fingerprint density at radius 1 is 1.15 bits per heavy atom. The largest absolute Gasteiger partial charge is 0.493 e. The molecule has 0 spiro atoms. The summed E-state index contributed by atoms with van der Waals surface area (Å²) in [4.78, 5) is 6.84. The first kappa shape index (κ1) is 22.8. The molecule has 0 aliphatic carbocycles. The van der Waals surface area contributed by atoms with Crippen LogP contribution in [-0.4, -0.2) is 57.8 Å². The van der Waals surface area contributed by atoms with Gasteiger partial charge in [-0.25, -0.2) is 0 Å². The fourth-order valence-corrected chi connectivity index (χ4v) is 3.03. The van der Waals surface area contributed by atoms with Crippen LogP contribution in [0.2, 0.25) is 0 Å². The Bertz CT molecular complexity index is 546. The van der Waals surface area contributed by atoms with Gasteiger partial charge in [0.05, 0.1) is 13.7 Å². The lowest BCUT2D eigenvalue weighted by atomic mass is 10.2. The third kappa shape index (κ3) is 7.57. The molecule has 1 saturated heterocycles. The second-order valence-corrected chi connectivity index (χ2v) is 6.18. The molecule has 7 heteroatoms. The average Bonchev–Trinajstić information content (AvgIpc) is 2.91. The van der Waals surface area contributed by atoms with E-state index in [-0.39, 0.29) is 24.0 Å². The SMILES string of the molecule is CCOc1ccc(NC(=NC)NCCN2CCCCCC2)cc1OC.I. The quantitative estimate of drug-likeness (QED) is 0.358. The lowest BCUT2D eigenvalue weighted by Crippen LogP contribution is -2.38. The number of rotatable bonds is 7. The molecule has 1 fully saturated rings. The molecule has 1 heterocycles. The van der Waals surface area contributed by atoms with Gasteiger partial charge in [-0.2, -0.15) is 0 Å². The molecule has 1 aliphatic rings. The highest BCUT2D eigenvalue weighted by Gasteiger charge is 2.09. The Kier molecular flexibility index (Phi) is 11.4. The minimum Gasteiger partial charge on any atom is -0.493 e. The molecule has 0 amide bonds. The maximum atomic E-state index is 5.55. The topological polar surface area (TPSA) is 58.1 Å². The van der Waals surface area contributed by atoms with Gasteiger partial charge in [0.25, 0.3) is 0 Å². The lowest BCUT2D eigenvalue weighted by Gasteiger charge is -2.21. The summed E-state index contributed by atoms with van der Waals surface area (Å²) in [5.74, 6) is 2.23. The zero-order chi connectivity index (χ0) is 17.9. The Labute approximate surface area is 174 Å². The van der Waals surface area contributed by atoms with Gasteiger partial charge in [0, 0.05) is 31.9 Å². The van der Waals surface area contributed by atoms with Crippen LogP contribution in [0.25, 0.3) is 0 Å². The third-order valence-corrected chi connectivity index (χ3v) is 4.37. The molecule has 2 N–H and O–H groups in total. The number of aliphatic imine (C=N–C) groups is 1. The normalized spacial score (nSPS) is 15.6. The van der Waals surface area contributed by atoms with Crippen molar-refractivity contribution in [2.45, 2.75) is 32.6 Å². The summed E-state index contributed by atoms with van der Waals surface area (Å²) >= 11 is 0. The minimum atomic E-state index is 0. The molecule has 0 bridgehead atoms. The van der Waals surface area contributed by atoms with Gasteiger partial charge in [-0.05, 0) is 45.0 Å². The number of nitrogens with one attached hydrogen (secondary N) is 2. The van der Waals surface area contributed by atoms with Crippen molar-refractivity contribution in [2.75, 3.05) is 52.3 Å². The molecule has 26 heavy (non-hydrogen) atoms. The fourth-order valence-electron chi connectivity index (χ4n) is 3.03. The van der Waals surface area contributed by atoms with Gasteiger partial charge in [-0.15, -0.1) is 24.0 Å². The number of guanidine groups is 1. The lowest BCUT2D eigenvalue weighted by molar-refractivity contribution is 0.289. The van der Waals surface area contributed by atoms with Crippen LogP contribution in [0.1, 0.15) is 32.6 Å². The van der Waals surface area contributed by atoms with Crippen LogP contribution in [0.5, 0.6) is 11.5 Å². The van der Waals surface area contributed by atoms with Crippen molar-refractivity contribution in [3.63, 3.8) is 0 Å². The molecule has 6 nitrogen and oxygen atoms in total. The Balaban J connectivity index is 0.00000338. The molecule has 0 atom stereocenters. The summed E-state index contributed by atoms with van der Waals surface area (Å²) in [5.41, 5.74) is 0.920. The van der Waals surface area contributed by atoms with Gasteiger partial charge in [0.1, 0.15) is 0 Å². The smallest absolute Gasteiger partial charge is 0.195 e. The van der Waals surface area contributed by atoms with E-state index in [2.05, 4.69) is 20.5 Å². The van der Waals surface area contributed by atoms with Gasteiger partial charge < -0.3 is 25.0 Å². The van der Waals surface area contributed by atoms with E-state index < -0.39 is 0 Å². The number of hydrogen-bond acceptors (Lipinski definition) is 4. The predicted octanol–water partition coefficient (Wildman–Crippen LogP) is 3.58. The van der Waals surface area contributed by atoms with Crippen LogP contribution in [0, 0.1) is 0 Å². The van der Waals surface area contributed by atoms with Crippen LogP contribution in [0.15, 0.2) is 23.2 Å². The molecular formula is C19H33IN4O2. The summed E-state index contributed by atoms with van der Waals surface area (Å²) in [6.07, 6.45) is 5.37. The van der Waals surface area contributed by atoms with Crippen molar-refractivity contribution in [1.29, 1.82) is 0 Å². The van der Waals surface area contributed by atoms with E-state index in [9.17, 15) is 0 Å². The van der Waals surface area contributed by atoms with Crippen LogP contribution in [0.4, 0.5) is 5.69 Å². The average molecular weight is 476 g/mol. The summed E-state index contributed by atoms with van der Waals surface area (Å²) < 4.78 is 10.9. The molecule has 0 unspecified atom stereocenters. The van der Waals surface area contributed by atoms with Crippen LogP contribution in [-0.2, 0) is 0 Å². The van der Waals surface area contributed by atoms with Crippen LogP contribution >= 0.6 is 24.0 Å². The van der Waals surface area contributed by atoms with Gasteiger partial charge in [-0.1, -0.05) is 12.8 Å². The predicted molar refractivity (Wildman–Crippen MR) is 119 cm³/mol. The zero-order valence-corrected chi connectivity index (χ0v) is 18.5. The third-order valence-electron chi connectivity index (χ3n) is 4.37. The van der Waals surface area contributed by atoms with Crippen molar-refractivity contribution < 1.29 is 9.47 Å². The highest BCUT2D eigenvalue weighted by molar-refractivity contribution is 14.0. The van der Waals surface area contributed by atoms with Gasteiger partial charge in [-0.3, -0.25) is 4.99 Å². The number of nitrogens with zero attached hydrogens (tertiary/aromatic N) is 2. The van der Waals surface area contributed by atoms with Gasteiger partial charge in [0.2, 0.25) is 0 Å². The van der Waals surface area contributed by atoms with Crippen molar-refractivity contribution in [3.05, 3.63) is 18.2 Å². The second kappa shape index (κ2) is 13.0. The molecule has 0 aromatic heterocycles. The number of likely N-dealkylation sites (tertiary alicyclic amines) is 1. The van der Waals surface area contributed by atoms with E-state index in [1.54, 1.807) is 14.2 Å². The number of halogens is 1. The molecule has 2 rings (SSSR count). The van der Waals surface area contributed by atoms with Crippen molar-refractivity contribution >= 4 is 35.6 Å². The minimum absolute atomic E-state index is 0. The van der Waals surface area contributed by atoms with E-state index in [1.807, 2.05) is 25.1 Å². The first-order valence-corrected chi connectivity index (χ1v) is 9.27. The summed E-state index contributed by atoms with van der Waals surface area (Å²) in [5, 5.41) is 6.70. The van der Waals surface area contributed by atoms with Crippen LogP contribution in [0.3, 0.4) is 0 Å². The second-order valence-electron chi connectivity index (χ2n) is 6.18. The Morgan fingerprint density at radius 2 is 1.88 bits per heavy atom. The molecule has 0 saturated carbocycles. The zero-order valence-electron chi connectivity index (χ0n) is 16.2. The van der Waals surface area contributed by atoms with Crippen molar-refractivity contribution in [3.8, 4) is 11.5 Å². The van der Waals surface area contributed by atoms with E-state index >= 15 is 0 Å². The maximum absolute atomic E-state index is 5.55. The summed E-state index contributed by atoms with van der Waals surface area (Å²) in [6, 6.07) is 5.80. The number of benzene rings is 1. The molecule has 148 valence electrons. The fraction of sp³-hybridized carbons (Fsp3) is 0.632. The number of ether oxygens (including phenoxy) is 2. The monoisotopic (exact) mass is 476 g/mol. The standard InChI is InChI=1S/C19H32N4O2.HI/c1-4-25-17-10-9-16(15-18(17)24-3)22-19(20-2)21-11-14-23-12-7-5-6-8-13-23;/h9-10,15H,4-8,11-14H2,1-3H3,(H2,20,21,22);1H. The summed E-state index contributed by atoms with van der Waals surface area (Å²) in [6.45, 7) is 6.93. The first-order chi connectivity index (χ1) is 12.3. The first-order valence-electron chi connectivity index (χ1n) is 9.27. The van der Waals surface area contributed by atoms with Gasteiger partial charge >= 0.3 is 0 Å². The van der Waals surface area contributed by atoms with Crippen molar-refractivity contribution in [1.82, 2.24) is 10.2 Å². The maximum Gasteiger partial charge on any atom is 0.195 e. The number of methoxy groups -OCH3 is 1. The molecule has 1 aromatic rings. The summed E-state index contributed by atoms with van der Waals surface area (Å²) in [7, 11) is 3.43. The molecule has 0 radical (unpaired) electrons. The number of hydrogen-bond donors (Lipinski definition) is 2.